The van der Waals surface area contributed by atoms with Crippen LogP contribution < -0.4 is 0 Å². The van der Waals surface area contributed by atoms with Gasteiger partial charge in [-0.3, -0.25) is 19.3 Å². The third-order valence-electron chi connectivity index (χ3n) is 3.86. The van der Waals surface area contributed by atoms with Crippen LogP contribution in [0.25, 0.3) is 0 Å². The zero-order chi connectivity index (χ0) is 15.7. The first kappa shape index (κ1) is 14.2. The predicted molar refractivity (Wildman–Crippen MR) is 82.0 cm³/mol. The van der Waals surface area contributed by atoms with Gasteiger partial charge in [0.1, 0.15) is 0 Å². The smallest absolute Gasteiger partial charge is 0.261 e. The molecule has 0 fully saturated rings. The van der Waals surface area contributed by atoms with Crippen LogP contribution in [0.3, 0.4) is 0 Å². The molecule has 0 N–H and O–H groups in total. The number of hydrogen-bond donors (Lipinski definition) is 0. The van der Waals surface area contributed by atoms with Crippen LogP contribution in [0.4, 0.5) is 0 Å². The molecule has 1 aliphatic rings. The topological polar surface area (TPSA) is 54.5 Å². The second-order valence-electron chi connectivity index (χ2n) is 5.31. The van der Waals surface area contributed by atoms with Crippen molar-refractivity contribution in [2.24, 2.45) is 0 Å². The Kier molecular flexibility index (Phi) is 3.59. The Labute approximate surface area is 128 Å². The molecule has 2 aromatic rings. The first-order valence-electron chi connectivity index (χ1n) is 7.13. The number of carbonyl (C=O) groups is 3. The third-order valence-corrected chi connectivity index (χ3v) is 3.86. The molecule has 22 heavy (non-hydrogen) atoms. The summed E-state index contributed by atoms with van der Waals surface area (Å²) in [5.74, 6) is -0.450. The van der Waals surface area contributed by atoms with E-state index >= 15 is 0 Å². The number of hydrogen-bond acceptors (Lipinski definition) is 3. The molecule has 110 valence electrons. The average molecular weight is 293 g/mol. The van der Waals surface area contributed by atoms with Gasteiger partial charge >= 0.3 is 0 Å². The Morgan fingerprint density at radius 1 is 0.909 bits per heavy atom. The number of fused-ring (bicyclic) bond motifs is 1. The van der Waals surface area contributed by atoms with Crippen molar-refractivity contribution >= 4 is 17.6 Å². The van der Waals surface area contributed by atoms with Crippen molar-refractivity contribution in [1.29, 1.82) is 0 Å². The van der Waals surface area contributed by atoms with Crippen LogP contribution in [0.15, 0.2) is 48.5 Å². The van der Waals surface area contributed by atoms with Gasteiger partial charge in [-0.25, -0.2) is 0 Å². The molecule has 2 aromatic carbocycles. The molecule has 1 heterocycles. The zero-order valence-corrected chi connectivity index (χ0v) is 12.2. The lowest BCUT2D eigenvalue weighted by Crippen LogP contribution is -2.31. The molecular weight excluding hydrogens is 278 g/mol. The minimum absolute atomic E-state index is 0.0203. The minimum atomic E-state index is -0.235. The van der Waals surface area contributed by atoms with Gasteiger partial charge in [0, 0.05) is 12.1 Å². The molecular formula is C18H15NO3. The molecule has 0 spiro atoms. The fourth-order valence-electron chi connectivity index (χ4n) is 2.59. The van der Waals surface area contributed by atoms with Crippen molar-refractivity contribution in [2.75, 3.05) is 6.54 Å². The monoisotopic (exact) mass is 293 g/mol. The lowest BCUT2D eigenvalue weighted by Gasteiger charge is -2.13. The lowest BCUT2D eigenvalue weighted by atomic mass is 10.1. The van der Waals surface area contributed by atoms with Crippen molar-refractivity contribution in [2.45, 2.75) is 13.3 Å². The van der Waals surface area contributed by atoms with Gasteiger partial charge < -0.3 is 0 Å². The summed E-state index contributed by atoms with van der Waals surface area (Å²) < 4.78 is 0. The van der Waals surface area contributed by atoms with Crippen LogP contribution in [0.1, 0.15) is 43.6 Å². The molecule has 4 nitrogen and oxygen atoms in total. The number of benzene rings is 2. The van der Waals surface area contributed by atoms with Crippen LogP contribution in [-0.4, -0.2) is 29.0 Å². The largest absolute Gasteiger partial charge is 0.295 e. The van der Waals surface area contributed by atoms with E-state index in [2.05, 4.69) is 0 Å². The zero-order valence-electron chi connectivity index (χ0n) is 12.2. The average Bonchev–Trinajstić information content (AvgIpc) is 2.78. The van der Waals surface area contributed by atoms with Crippen LogP contribution in [0.5, 0.6) is 0 Å². The van der Waals surface area contributed by atoms with E-state index in [1.165, 1.54) is 11.8 Å². The molecule has 0 radical (unpaired) electrons. The van der Waals surface area contributed by atoms with Gasteiger partial charge in [0.05, 0.1) is 11.1 Å². The molecule has 0 saturated heterocycles. The molecule has 0 bridgehead atoms. The number of amides is 2. The fraction of sp³-hybridized carbons (Fsp3) is 0.167. The van der Waals surface area contributed by atoms with Crippen molar-refractivity contribution < 1.29 is 14.4 Å². The summed E-state index contributed by atoms with van der Waals surface area (Å²) in [5.41, 5.74) is 2.59. The Bertz CT molecular complexity index is 727. The van der Waals surface area contributed by atoms with Crippen LogP contribution in [-0.2, 0) is 6.42 Å². The Hall–Kier alpha value is -2.75. The number of rotatable bonds is 4. The maximum absolute atomic E-state index is 12.2. The van der Waals surface area contributed by atoms with Gasteiger partial charge in [-0.15, -0.1) is 0 Å². The van der Waals surface area contributed by atoms with Gasteiger partial charge in [-0.2, -0.15) is 0 Å². The van der Waals surface area contributed by atoms with Crippen LogP contribution in [0, 0.1) is 0 Å². The molecule has 0 atom stereocenters. The molecule has 2 amide bonds. The second-order valence-corrected chi connectivity index (χ2v) is 5.31. The molecule has 0 saturated carbocycles. The maximum Gasteiger partial charge on any atom is 0.261 e. The number of nitrogens with zero attached hydrogens (tertiary/aromatic N) is 1. The van der Waals surface area contributed by atoms with Gasteiger partial charge in [-0.1, -0.05) is 36.4 Å². The van der Waals surface area contributed by atoms with E-state index in [1.54, 1.807) is 36.4 Å². The predicted octanol–water partition coefficient (Wildman–Crippen LogP) is 2.73. The van der Waals surface area contributed by atoms with E-state index in [9.17, 15) is 14.4 Å². The summed E-state index contributed by atoms with van der Waals surface area (Å²) in [6, 6.07) is 14.1. The fourth-order valence-corrected chi connectivity index (χ4v) is 2.59. The normalized spacial score (nSPS) is 13.4. The summed E-state index contributed by atoms with van der Waals surface area (Å²) in [4.78, 5) is 37.0. The van der Waals surface area contributed by atoms with Gasteiger partial charge in [-0.05, 0) is 31.0 Å². The highest BCUT2D eigenvalue weighted by molar-refractivity contribution is 6.21. The molecule has 4 heteroatoms. The SMILES string of the molecule is CC(=O)c1ccc(CCN2C(=O)c3ccccc3C2=O)cc1. The first-order valence-corrected chi connectivity index (χ1v) is 7.13. The highest BCUT2D eigenvalue weighted by Gasteiger charge is 2.34. The van der Waals surface area contributed by atoms with E-state index in [-0.39, 0.29) is 17.6 Å². The molecule has 0 aliphatic carbocycles. The highest BCUT2D eigenvalue weighted by atomic mass is 16.2. The summed E-state index contributed by atoms with van der Waals surface area (Å²) >= 11 is 0. The maximum atomic E-state index is 12.2. The van der Waals surface area contributed by atoms with Crippen molar-refractivity contribution in [3.8, 4) is 0 Å². The number of carbonyl (C=O) groups excluding carboxylic acids is 3. The van der Waals surface area contributed by atoms with Crippen LogP contribution in [0.2, 0.25) is 0 Å². The Morgan fingerprint density at radius 3 is 1.95 bits per heavy atom. The Balaban J connectivity index is 1.71. The van der Waals surface area contributed by atoms with Crippen molar-refractivity contribution in [3.63, 3.8) is 0 Å². The van der Waals surface area contributed by atoms with Crippen molar-refractivity contribution in [3.05, 3.63) is 70.8 Å². The van der Waals surface area contributed by atoms with Crippen molar-refractivity contribution in [1.82, 2.24) is 4.90 Å². The highest BCUT2D eigenvalue weighted by Crippen LogP contribution is 2.22. The van der Waals surface area contributed by atoms with Crippen LogP contribution >= 0.6 is 0 Å². The summed E-state index contributed by atoms with van der Waals surface area (Å²) in [7, 11) is 0. The van der Waals surface area contributed by atoms with Gasteiger partial charge in [0.15, 0.2) is 5.78 Å². The lowest BCUT2D eigenvalue weighted by molar-refractivity contribution is 0.0656. The number of Topliss-reactive ketones (excluding diaryl/α,β-unsaturated/α-hetero) is 1. The minimum Gasteiger partial charge on any atom is -0.295 e. The number of imide groups is 1. The molecule has 1 aliphatic heterocycles. The number of ketones is 1. The van der Waals surface area contributed by atoms with E-state index in [1.807, 2.05) is 12.1 Å². The third kappa shape index (κ3) is 2.44. The van der Waals surface area contributed by atoms with Gasteiger partial charge in [0.25, 0.3) is 11.8 Å². The summed E-state index contributed by atoms with van der Waals surface area (Å²) in [6.07, 6.45) is 0.573. The first-order chi connectivity index (χ1) is 10.6. The summed E-state index contributed by atoms with van der Waals surface area (Å²) in [6.45, 7) is 1.86. The Morgan fingerprint density at radius 2 is 1.45 bits per heavy atom. The van der Waals surface area contributed by atoms with E-state index in [0.29, 0.717) is 29.7 Å². The van der Waals surface area contributed by atoms with E-state index in [0.717, 1.165) is 5.56 Å². The molecule has 3 rings (SSSR count). The molecule has 0 unspecified atom stereocenters. The van der Waals surface area contributed by atoms with E-state index < -0.39 is 0 Å². The quantitative estimate of drug-likeness (QED) is 0.643. The standard InChI is InChI=1S/C18H15NO3/c1-12(20)14-8-6-13(7-9-14)10-11-19-17(21)15-4-2-3-5-16(15)18(19)22/h2-9H,10-11H2,1H3. The second kappa shape index (κ2) is 5.56. The van der Waals surface area contributed by atoms with E-state index in [4.69, 9.17) is 0 Å². The summed E-state index contributed by atoms with van der Waals surface area (Å²) in [5, 5.41) is 0. The molecule has 0 aromatic heterocycles. The van der Waals surface area contributed by atoms with Gasteiger partial charge in [0.2, 0.25) is 0 Å².